The van der Waals surface area contributed by atoms with Gasteiger partial charge in [-0.3, -0.25) is 0 Å². The van der Waals surface area contributed by atoms with Crippen LogP contribution >= 0.6 is 22.7 Å². The molecule has 80 valence electrons. The predicted octanol–water partition coefficient (Wildman–Crippen LogP) is 1.85. The van der Waals surface area contributed by atoms with Crippen LogP contribution in [0.5, 0.6) is 0 Å². The Bertz CT molecular complexity index is 439. The fourth-order valence-electron chi connectivity index (χ4n) is 1.02. The van der Waals surface area contributed by atoms with Crippen LogP contribution in [-0.2, 0) is 11.3 Å². The van der Waals surface area contributed by atoms with E-state index in [1.807, 2.05) is 7.05 Å². The largest absolute Gasteiger partial charge is 0.378 e. The lowest BCUT2D eigenvalue weighted by molar-refractivity contribution is 0.184. The van der Waals surface area contributed by atoms with Crippen molar-refractivity contribution in [3.8, 4) is 9.88 Å². The first-order chi connectivity index (χ1) is 7.33. The summed E-state index contributed by atoms with van der Waals surface area (Å²) in [5.74, 6) is 0. The van der Waals surface area contributed by atoms with Gasteiger partial charge in [0.05, 0.1) is 11.5 Å². The Labute approximate surface area is 95.2 Å². The topological polar surface area (TPSA) is 59.9 Å². The van der Waals surface area contributed by atoms with Crippen molar-refractivity contribution in [2.45, 2.75) is 6.61 Å². The van der Waals surface area contributed by atoms with Crippen LogP contribution in [0.1, 0.15) is 5.01 Å². The van der Waals surface area contributed by atoms with E-state index < -0.39 is 0 Å². The predicted molar refractivity (Wildman–Crippen MR) is 61.3 cm³/mol. The van der Waals surface area contributed by atoms with Gasteiger partial charge in [0.15, 0.2) is 5.01 Å². The van der Waals surface area contributed by atoms with Gasteiger partial charge in [-0.25, -0.2) is 4.98 Å². The molecule has 0 aliphatic heterocycles. The van der Waals surface area contributed by atoms with Crippen LogP contribution in [0.3, 0.4) is 0 Å². The molecule has 2 aromatic heterocycles. The number of nitrogens with zero attached hydrogens (tertiary/aromatic N) is 3. The number of thiazole rings is 1. The van der Waals surface area contributed by atoms with Gasteiger partial charge in [0.25, 0.3) is 0 Å². The van der Waals surface area contributed by atoms with Crippen molar-refractivity contribution in [1.82, 2.24) is 15.2 Å². The summed E-state index contributed by atoms with van der Waals surface area (Å²) in [4.78, 5) is 5.26. The van der Waals surface area contributed by atoms with Gasteiger partial charge in [-0.15, -0.1) is 21.5 Å². The lowest BCUT2D eigenvalue weighted by atomic mass is 10.6. The summed E-state index contributed by atoms with van der Waals surface area (Å²) in [7, 11) is 3.48. The maximum Gasteiger partial charge on any atom is 0.205 e. The molecule has 0 unspecified atom stereocenters. The van der Waals surface area contributed by atoms with Crippen molar-refractivity contribution in [1.29, 1.82) is 0 Å². The molecule has 2 heterocycles. The number of hydrogen-bond donors (Lipinski definition) is 1. The molecular weight excluding hydrogens is 232 g/mol. The zero-order valence-corrected chi connectivity index (χ0v) is 9.98. The van der Waals surface area contributed by atoms with Crippen LogP contribution in [0.25, 0.3) is 9.88 Å². The van der Waals surface area contributed by atoms with Gasteiger partial charge in [0.1, 0.15) is 5.01 Å². The summed E-state index contributed by atoms with van der Waals surface area (Å²) in [6.07, 6.45) is 1.80. The molecule has 0 radical (unpaired) electrons. The number of methoxy groups -OCH3 is 1. The second-order valence-electron chi connectivity index (χ2n) is 2.71. The number of anilines is 1. The van der Waals surface area contributed by atoms with Gasteiger partial charge in [0, 0.05) is 20.4 Å². The fourth-order valence-corrected chi connectivity index (χ4v) is 2.64. The van der Waals surface area contributed by atoms with Crippen LogP contribution in [0.15, 0.2) is 6.20 Å². The van der Waals surface area contributed by atoms with E-state index in [-0.39, 0.29) is 0 Å². The fraction of sp³-hybridized carbons (Fsp3) is 0.375. The summed E-state index contributed by atoms with van der Waals surface area (Å²) in [5.41, 5.74) is 0. The Morgan fingerprint density at radius 2 is 2.27 bits per heavy atom. The van der Waals surface area contributed by atoms with Gasteiger partial charge >= 0.3 is 0 Å². The monoisotopic (exact) mass is 242 g/mol. The molecule has 0 aliphatic rings. The molecule has 0 saturated carbocycles. The highest BCUT2D eigenvalue weighted by Gasteiger charge is 2.09. The molecule has 0 amide bonds. The third kappa shape index (κ3) is 2.31. The molecular formula is C8H10N4OS2. The van der Waals surface area contributed by atoms with Crippen molar-refractivity contribution >= 4 is 27.8 Å². The first kappa shape index (κ1) is 10.5. The third-order valence-electron chi connectivity index (χ3n) is 1.67. The van der Waals surface area contributed by atoms with Crippen LogP contribution in [0.2, 0.25) is 0 Å². The summed E-state index contributed by atoms with van der Waals surface area (Å²) < 4.78 is 5.01. The second-order valence-corrected chi connectivity index (χ2v) is 4.81. The third-order valence-corrected chi connectivity index (χ3v) is 3.75. The van der Waals surface area contributed by atoms with Gasteiger partial charge < -0.3 is 10.1 Å². The Kier molecular flexibility index (Phi) is 3.24. The maximum atomic E-state index is 5.01. The molecule has 0 bridgehead atoms. The number of hydrogen-bond acceptors (Lipinski definition) is 7. The molecule has 0 saturated heterocycles. The quantitative estimate of drug-likeness (QED) is 0.886. The Balaban J connectivity index is 2.21. The van der Waals surface area contributed by atoms with E-state index in [0.29, 0.717) is 6.61 Å². The SMILES string of the molecule is CNc1nnc(-c2cnc(COC)s2)s1. The van der Waals surface area contributed by atoms with E-state index in [0.717, 1.165) is 20.0 Å². The molecule has 2 rings (SSSR count). The van der Waals surface area contributed by atoms with Crippen molar-refractivity contribution in [2.24, 2.45) is 0 Å². The van der Waals surface area contributed by atoms with Crippen LogP contribution in [-0.4, -0.2) is 29.3 Å². The average Bonchev–Trinajstić information content (AvgIpc) is 2.85. The normalized spacial score (nSPS) is 10.5. The van der Waals surface area contributed by atoms with Crippen molar-refractivity contribution in [3.05, 3.63) is 11.2 Å². The smallest absolute Gasteiger partial charge is 0.205 e. The van der Waals surface area contributed by atoms with E-state index in [1.165, 1.54) is 11.3 Å². The Morgan fingerprint density at radius 1 is 1.40 bits per heavy atom. The van der Waals surface area contributed by atoms with Gasteiger partial charge in [-0.1, -0.05) is 11.3 Å². The average molecular weight is 242 g/mol. The summed E-state index contributed by atoms with van der Waals surface area (Å²) in [5, 5.41) is 13.6. The van der Waals surface area contributed by atoms with Crippen molar-refractivity contribution in [2.75, 3.05) is 19.5 Å². The first-order valence-electron chi connectivity index (χ1n) is 4.28. The summed E-state index contributed by atoms with van der Waals surface area (Å²) >= 11 is 3.09. The molecule has 0 spiro atoms. The number of rotatable bonds is 4. The first-order valence-corrected chi connectivity index (χ1v) is 5.92. The summed E-state index contributed by atoms with van der Waals surface area (Å²) in [6, 6.07) is 0. The number of ether oxygens (including phenoxy) is 1. The zero-order valence-electron chi connectivity index (χ0n) is 8.35. The second kappa shape index (κ2) is 4.65. The molecule has 7 heteroatoms. The molecule has 1 N–H and O–H groups in total. The molecule has 2 aromatic rings. The standard InChI is InChI=1S/C8H10N4OS2/c1-9-8-12-11-7(15-8)5-3-10-6(14-5)4-13-2/h3H,4H2,1-2H3,(H,9,12). The minimum atomic E-state index is 0.544. The maximum absolute atomic E-state index is 5.01. The van der Waals surface area contributed by atoms with Gasteiger partial charge in [0.2, 0.25) is 5.13 Å². The highest BCUT2D eigenvalue weighted by molar-refractivity contribution is 7.23. The molecule has 0 atom stereocenters. The van der Waals surface area contributed by atoms with Crippen LogP contribution < -0.4 is 5.32 Å². The minimum Gasteiger partial charge on any atom is -0.378 e. The van der Waals surface area contributed by atoms with E-state index in [9.17, 15) is 0 Å². The lowest BCUT2D eigenvalue weighted by Crippen LogP contribution is -1.84. The molecule has 15 heavy (non-hydrogen) atoms. The minimum absolute atomic E-state index is 0.544. The highest BCUT2D eigenvalue weighted by atomic mass is 32.1. The Hall–Kier alpha value is -1.05. The van der Waals surface area contributed by atoms with Crippen LogP contribution in [0, 0.1) is 0 Å². The molecule has 5 nitrogen and oxygen atoms in total. The lowest BCUT2D eigenvalue weighted by Gasteiger charge is -1.89. The van der Waals surface area contributed by atoms with E-state index in [4.69, 9.17) is 4.74 Å². The summed E-state index contributed by atoms with van der Waals surface area (Å²) in [6.45, 7) is 0.544. The Morgan fingerprint density at radius 3 is 2.93 bits per heavy atom. The van der Waals surface area contributed by atoms with Gasteiger partial charge in [-0.2, -0.15) is 0 Å². The van der Waals surface area contributed by atoms with Crippen molar-refractivity contribution < 1.29 is 4.74 Å². The zero-order chi connectivity index (χ0) is 10.7. The van der Waals surface area contributed by atoms with Crippen LogP contribution in [0.4, 0.5) is 5.13 Å². The highest BCUT2D eigenvalue weighted by Crippen LogP contribution is 2.30. The number of nitrogens with one attached hydrogen (secondary N) is 1. The van der Waals surface area contributed by atoms with Crippen molar-refractivity contribution in [3.63, 3.8) is 0 Å². The molecule has 0 aliphatic carbocycles. The van der Waals surface area contributed by atoms with E-state index >= 15 is 0 Å². The number of aromatic nitrogens is 3. The van der Waals surface area contributed by atoms with Gasteiger partial charge in [-0.05, 0) is 0 Å². The molecule has 0 fully saturated rings. The molecule has 0 aromatic carbocycles. The van der Waals surface area contributed by atoms with E-state index in [2.05, 4.69) is 20.5 Å². The van der Waals surface area contributed by atoms with E-state index in [1.54, 1.807) is 24.6 Å².